The molecule has 0 radical (unpaired) electrons. The minimum Gasteiger partial charge on any atom is -0.387 e. The van der Waals surface area contributed by atoms with Crippen molar-refractivity contribution in [2.24, 2.45) is 0 Å². The van der Waals surface area contributed by atoms with Gasteiger partial charge in [0, 0.05) is 25.5 Å². The smallest absolute Gasteiger partial charge is 0.244 e. The molecular weight excluding hydrogens is 240 g/mol. The predicted molar refractivity (Wildman–Crippen MR) is 62.9 cm³/mol. The fourth-order valence-corrected chi connectivity index (χ4v) is 3.62. The first kappa shape index (κ1) is 12.5. The maximum atomic E-state index is 12.1. The molecule has 0 atom stereocenters. The van der Waals surface area contributed by atoms with Crippen LogP contribution in [-0.4, -0.2) is 41.5 Å². The van der Waals surface area contributed by atoms with Gasteiger partial charge < -0.3 is 5.11 Å². The summed E-state index contributed by atoms with van der Waals surface area (Å²) in [6, 6.07) is 3.10. The van der Waals surface area contributed by atoms with Crippen LogP contribution in [0.5, 0.6) is 0 Å². The molecule has 0 aromatic carbocycles. The molecule has 0 saturated carbocycles. The van der Waals surface area contributed by atoms with Crippen molar-refractivity contribution in [3.63, 3.8) is 0 Å². The highest BCUT2D eigenvalue weighted by Crippen LogP contribution is 2.30. The number of aliphatic hydroxyl groups is 1. The average Bonchev–Trinajstić information content (AvgIpc) is 2.27. The fraction of sp³-hybridized carbons (Fsp3) is 0.545. The molecule has 0 amide bonds. The number of hydrogen-bond acceptors (Lipinski definition) is 4. The van der Waals surface area contributed by atoms with Gasteiger partial charge in [0.1, 0.15) is 4.90 Å². The minimum absolute atomic E-state index is 0.179. The summed E-state index contributed by atoms with van der Waals surface area (Å²) in [7, 11) is -3.48. The zero-order valence-electron chi connectivity index (χ0n) is 9.70. The van der Waals surface area contributed by atoms with E-state index in [9.17, 15) is 13.5 Å². The number of hydrogen-bond donors (Lipinski definition) is 1. The first-order chi connectivity index (χ1) is 7.98. The number of β-amino-alcohol motifs (C(OH)–C–C–N with tert-alkyl or cyclic N) is 1. The second-order valence-corrected chi connectivity index (χ2v) is 6.37. The van der Waals surface area contributed by atoms with Gasteiger partial charge in [0.15, 0.2) is 0 Å². The van der Waals surface area contributed by atoms with Crippen molar-refractivity contribution in [3.8, 4) is 0 Å². The van der Waals surface area contributed by atoms with Crippen molar-refractivity contribution in [1.29, 1.82) is 0 Å². The summed E-state index contributed by atoms with van der Waals surface area (Å²) < 4.78 is 25.5. The van der Waals surface area contributed by atoms with Crippen LogP contribution in [0.25, 0.3) is 0 Å². The lowest BCUT2D eigenvalue weighted by Crippen LogP contribution is -2.63. The number of sulfonamides is 1. The molecule has 2 rings (SSSR count). The Bertz CT molecular complexity index is 481. The van der Waals surface area contributed by atoms with E-state index < -0.39 is 15.6 Å². The molecule has 0 bridgehead atoms. The van der Waals surface area contributed by atoms with E-state index in [0.29, 0.717) is 6.42 Å². The monoisotopic (exact) mass is 256 g/mol. The molecule has 1 aliphatic heterocycles. The number of aromatic nitrogens is 1. The third-order valence-corrected chi connectivity index (χ3v) is 4.70. The minimum atomic E-state index is -3.48. The normalized spacial score (nSPS) is 19.9. The first-order valence-corrected chi connectivity index (χ1v) is 7.04. The van der Waals surface area contributed by atoms with Crippen molar-refractivity contribution in [1.82, 2.24) is 9.29 Å². The molecule has 5 nitrogen and oxygen atoms in total. The van der Waals surface area contributed by atoms with Crippen molar-refractivity contribution in [2.45, 2.75) is 30.3 Å². The second kappa shape index (κ2) is 4.36. The van der Waals surface area contributed by atoms with Gasteiger partial charge in [-0.15, -0.1) is 0 Å². The lowest BCUT2D eigenvalue weighted by atomic mass is 9.92. The number of rotatable bonds is 4. The maximum Gasteiger partial charge on any atom is 0.244 e. The van der Waals surface area contributed by atoms with Crippen LogP contribution in [-0.2, 0) is 10.0 Å². The van der Waals surface area contributed by atoms with Gasteiger partial charge in [-0.25, -0.2) is 8.42 Å². The van der Waals surface area contributed by atoms with Gasteiger partial charge in [0.2, 0.25) is 10.0 Å². The van der Waals surface area contributed by atoms with Crippen LogP contribution >= 0.6 is 0 Å². The summed E-state index contributed by atoms with van der Waals surface area (Å²) in [6.45, 7) is 2.33. The molecule has 1 aliphatic rings. The van der Waals surface area contributed by atoms with Gasteiger partial charge in [0.05, 0.1) is 5.60 Å². The second-order valence-electron chi connectivity index (χ2n) is 4.44. The van der Waals surface area contributed by atoms with Crippen LogP contribution in [0.1, 0.15) is 19.8 Å². The van der Waals surface area contributed by atoms with Gasteiger partial charge in [-0.3, -0.25) is 4.98 Å². The van der Waals surface area contributed by atoms with E-state index >= 15 is 0 Å². The number of pyridine rings is 1. The molecule has 0 aliphatic carbocycles. The van der Waals surface area contributed by atoms with E-state index in [2.05, 4.69) is 4.98 Å². The van der Waals surface area contributed by atoms with Gasteiger partial charge in [-0.1, -0.05) is 13.3 Å². The highest BCUT2D eigenvalue weighted by Gasteiger charge is 2.46. The van der Waals surface area contributed by atoms with Crippen molar-refractivity contribution in [3.05, 3.63) is 24.5 Å². The molecule has 1 aromatic heterocycles. The van der Waals surface area contributed by atoms with Crippen LogP contribution in [0.15, 0.2) is 29.4 Å². The van der Waals surface area contributed by atoms with Gasteiger partial charge in [0.25, 0.3) is 0 Å². The standard InChI is InChI=1S/C11H16N2O3S/c1-2-5-11(14)8-13(9-11)17(15,16)10-4-3-6-12-7-10/h3-4,6-7,14H,2,5,8-9H2,1H3. The number of nitrogens with zero attached hydrogens (tertiary/aromatic N) is 2. The van der Waals surface area contributed by atoms with Crippen molar-refractivity contribution >= 4 is 10.0 Å². The third-order valence-electron chi connectivity index (χ3n) is 2.93. The molecule has 17 heavy (non-hydrogen) atoms. The Morgan fingerprint density at radius 2 is 2.24 bits per heavy atom. The largest absolute Gasteiger partial charge is 0.387 e. The molecule has 2 heterocycles. The zero-order chi connectivity index (χ0) is 12.5. The van der Waals surface area contributed by atoms with Crippen LogP contribution in [0.4, 0.5) is 0 Å². The van der Waals surface area contributed by atoms with E-state index in [1.54, 1.807) is 6.07 Å². The average molecular weight is 256 g/mol. The molecule has 0 unspecified atom stereocenters. The van der Waals surface area contributed by atoms with Gasteiger partial charge in [-0.2, -0.15) is 4.31 Å². The Labute approximate surface area is 101 Å². The molecule has 6 heteroatoms. The molecule has 1 aromatic rings. The first-order valence-electron chi connectivity index (χ1n) is 5.60. The Kier molecular flexibility index (Phi) is 3.20. The highest BCUT2D eigenvalue weighted by molar-refractivity contribution is 7.89. The van der Waals surface area contributed by atoms with E-state index in [1.165, 1.54) is 22.8 Å². The molecular formula is C11H16N2O3S. The third kappa shape index (κ3) is 2.34. The molecule has 94 valence electrons. The topological polar surface area (TPSA) is 70.5 Å². The quantitative estimate of drug-likeness (QED) is 0.857. The van der Waals surface area contributed by atoms with E-state index in [0.717, 1.165) is 6.42 Å². The molecule has 1 N–H and O–H groups in total. The highest BCUT2D eigenvalue weighted by atomic mass is 32.2. The summed E-state index contributed by atoms with van der Waals surface area (Å²) in [5.41, 5.74) is -0.843. The summed E-state index contributed by atoms with van der Waals surface area (Å²) >= 11 is 0. The van der Waals surface area contributed by atoms with Crippen LogP contribution in [0.3, 0.4) is 0 Å². The SMILES string of the molecule is CCCC1(O)CN(S(=O)(=O)c2cccnc2)C1. The summed E-state index contributed by atoms with van der Waals surface area (Å²) in [5.74, 6) is 0. The van der Waals surface area contributed by atoms with Crippen molar-refractivity contribution in [2.75, 3.05) is 13.1 Å². The lowest BCUT2D eigenvalue weighted by Gasteiger charge is -2.45. The Balaban J connectivity index is 2.11. The van der Waals surface area contributed by atoms with Crippen molar-refractivity contribution < 1.29 is 13.5 Å². The summed E-state index contributed by atoms with van der Waals surface area (Å²) in [4.78, 5) is 3.98. The molecule has 1 saturated heterocycles. The van der Waals surface area contributed by atoms with Crippen LogP contribution < -0.4 is 0 Å². The fourth-order valence-electron chi connectivity index (χ4n) is 2.05. The van der Waals surface area contributed by atoms with Crippen LogP contribution in [0.2, 0.25) is 0 Å². The van der Waals surface area contributed by atoms with Gasteiger partial charge in [-0.05, 0) is 18.6 Å². The Hall–Kier alpha value is -0.980. The van der Waals surface area contributed by atoms with E-state index in [4.69, 9.17) is 0 Å². The predicted octanol–water partition coefficient (Wildman–Crippen LogP) is 0.617. The lowest BCUT2D eigenvalue weighted by molar-refractivity contribution is -0.0653. The molecule has 1 fully saturated rings. The van der Waals surface area contributed by atoms with Gasteiger partial charge >= 0.3 is 0 Å². The summed E-state index contributed by atoms with van der Waals surface area (Å²) in [6.07, 6.45) is 4.33. The summed E-state index contributed by atoms with van der Waals surface area (Å²) in [5, 5.41) is 9.97. The Morgan fingerprint density at radius 3 is 2.76 bits per heavy atom. The molecule has 0 spiro atoms. The van der Waals surface area contributed by atoms with Crippen LogP contribution in [0, 0.1) is 0 Å². The van der Waals surface area contributed by atoms with E-state index in [1.807, 2.05) is 6.92 Å². The van der Waals surface area contributed by atoms with E-state index in [-0.39, 0.29) is 18.0 Å². The zero-order valence-corrected chi connectivity index (χ0v) is 10.5. The Morgan fingerprint density at radius 1 is 1.53 bits per heavy atom. The maximum absolute atomic E-state index is 12.1.